The maximum atomic E-state index is 13.5. The van der Waals surface area contributed by atoms with Crippen molar-refractivity contribution in [3.8, 4) is 5.75 Å². The molecule has 0 spiro atoms. The van der Waals surface area contributed by atoms with E-state index in [2.05, 4.69) is 20.8 Å². The summed E-state index contributed by atoms with van der Waals surface area (Å²) in [5.74, 6) is -0.488. The molecule has 0 bridgehead atoms. The van der Waals surface area contributed by atoms with E-state index in [1.807, 2.05) is 85.8 Å². The Balaban J connectivity index is 1.68. The van der Waals surface area contributed by atoms with Gasteiger partial charge in [-0.3, -0.25) is 9.59 Å². The molecule has 3 aromatic rings. The highest BCUT2D eigenvalue weighted by Crippen LogP contribution is 2.40. The van der Waals surface area contributed by atoms with Crippen LogP contribution in [0.3, 0.4) is 0 Å². The number of rotatable bonds is 9. The number of Topliss-reactive ketones (excluding diaryl/α,β-unsaturated/α-hetero) is 1. The van der Waals surface area contributed by atoms with Gasteiger partial charge < -0.3 is 14.7 Å². The summed E-state index contributed by atoms with van der Waals surface area (Å²) in [7, 11) is 0. The van der Waals surface area contributed by atoms with Crippen LogP contribution in [0.5, 0.6) is 5.75 Å². The van der Waals surface area contributed by atoms with Gasteiger partial charge in [-0.2, -0.15) is 0 Å². The van der Waals surface area contributed by atoms with Crippen molar-refractivity contribution in [2.24, 2.45) is 0 Å². The number of hydrogen-bond donors (Lipinski definition) is 1. The third-order valence-corrected chi connectivity index (χ3v) is 6.74. The number of benzene rings is 3. The van der Waals surface area contributed by atoms with Gasteiger partial charge in [0.2, 0.25) is 0 Å². The minimum atomic E-state index is -0.666. The molecule has 5 nitrogen and oxygen atoms in total. The third-order valence-electron chi connectivity index (χ3n) is 6.74. The second-order valence-electron chi connectivity index (χ2n) is 10.5. The maximum Gasteiger partial charge on any atom is 0.290 e. The average molecular weight is 498 g/mol. The lowest BCUT2D eigenvalue weighted by molar-refractivity contribution is -0.130. The number of aryl methyl sites for hydroxylation is 1. The number of ketones is 1. The molecule has 4 rings (SSSR count). The lowest BCUT2D eigenvalue weighted by Crippen LogP contribution is -2.30. The van der Waals surface area contributed by atoms with Crippen molar-refractivity contribution < 1.29 is 19.4 Å². The first-order chi connectivity index (χ1) is 17.7. The zero-order valence-electron chi connectivity index (χ0n) is 22.0. The highest BCUT2D eigenvalue weighted by atomic mass is 16.5. The van der Waals surface area contributed by atoms with Gasteiger partial charge in [0.15, 0.2) is 11.5 Å². The monoisotopic (exact) mass is 497 g/mol. The van der Waals surface area contributed by atoms with Crippen LogP contribution < -0.4 is 4.74 Å². The van der Waals surface area contributed by atoms with Crippen LogP contribution in [0.1, 0.15) is 62.4 Å². The highest BCUT2D eigenvalue weighted by Gasteiger charge is 2.43. The molecule has 0 aliphatic carbocycles. The van der Waals surface area contributed by atoms with Crippen LogP contribution >= 0.6 is 0 Å². The molecule has 1 atom stereocenters. The molecule has 37 heavy (non-hydrogen) atoms. The van der Waals surface area contributed by atoms with Crippen molar-refractivity contribution in [1.82, 2.24) is 4.90 Å². The van der Waals surface area contributed by atoms with Crippen LogP contribution in [0, 0.1) is 0 Å². The number of aliphatic hydroxyl groups excluding tert-OH is 1. The molecule has 192 valence electrons. The molecule has 0 saturated carbocycles. The number of carbonyl (C=O) groups is 2. The van der Waals surface area contributed by atoms with E-state index >= 15 is 0 Å². The third kappa shape index (κ3) is 5.93. The molecule has 0 fully saturated rings. The summed E-state index contributed by atoms with van der Waals surface area (Å²) in [6.07, 6.45) is 0.748. The van der Waals surface area contributed by atoms with Gasteiger partial charge in [-0.1, -0.05) is 87.5 Å². The predicted molar refractivity (Wildman–Crippen MR) is 145 cm³/mol. The van der Waals surface area contributed by atoms with Crippen LogP contribution in [-0.2, 0) is 28.0 Å². The van der Waals surface area contributed by atoms with E-state index < -0.39 is 17.7 Å². The summed E-state index contributed by atoms with van der Waals surface area (Å²) in [6.45, 7) is 9.13. The summed E-state index contributed by atoms with van der Waals surface area (Å²) in [5.41, 5.74) is 3.99. The normalized spacial score (nSPS) is 15.8. The van der Waals surface area contributed by atoms with E-state index in [0.29, 0.717) is 18.8 Å². The first-order valence-electron chi connectivity index (χ1n) is 12.8. The van der Waals surface area contributed by atoms with Crippen molar-refractivity contribution in [3.05, 3.63) is 112 Å². The molecule has 0 aromatic heterocycles. The highest BCUT2D eigenvalue weighted by molar-refractivity contribution is 6.09. The largest absolute Gasteiger partial charge is 0.503 e. The van der Waals surface area contributed by atoms with Gasteiger partial charge in [-0.05, 0) is 53.1 Å². The van der Waals surface area contributed by atoms with Crippen molar-refractivity contribution in [1.29, 1.82) is 0 Å². The van der Waals surface area contributed by atoms with E-state index in [1.54, 1.807) is 4.90 Å². The van der Waals surface area contributed by atoms with Crippen LogP contribution in [0.4, 0.5) is 0 Å². The minimum Gasteiger partial charge on any atom is -0.503 e. The molecule has 1 heterocycles. The van der Waals surface area contributed by atoms with Crippen LogP contribution in [0.25, 0.3) is 0 Å². The van der Waals surface area contributed by atoms with E-state index in [-0.39, 0.29) is 29.7 Å². The Labute approximate surface area is 219 Å². The molecule has 1 aliphatic heterocycles. The second kappa shape index (κ2) is 11.0. The van der Waals surface area contributed by atoms with Gasteiger partial charge in [-0.25, -0.2) is 0 Å². The van der Waals surface area contributed by atoms with Gasteiger partial charge >= 0.3 is 0 Å². The Morgan fingerprint density at radius 3 is 2.27 bits per heavy atom. The summed E-state index contributed by atoms with van der Waals surface area (Å²) in [5, 5.41) is 11.0. The average Bonchev–Trinajstić information content (AvgIpc) is 3.13. The first kappa shape index (κ1) is 26.2. The number of nitrogens with zero attached hydrogens (tertiary/aromatic N) is 1. The quantitative estimate of drug-likeness (QED) is 0.367. The Bertz CT molecular complexity index is 1290. The zero-order valence-corrected chi connectivity index (χ0v) is 22.0. The number of amides is 1. The Hall–Kier alpha value is -3.86. The fourth-order valence-electron chi connectivity index (χ4n) is 4.75. The topological polar surface area (TPSA) is 66.8 Å². The molecule has 0 saturated heterocycles. The lowest BCUT2D eigenvalue weighted by Gasteiger charge is -2.28. The molecular weight excluding hydrogens is 462 g/mol. The molecule has 0 radical (unpaired) electrons. The predicted octanol–water partition coefficient (Wildman–Crippen LogP) is 6.48. The number of aliphatic hydroxyl groups is 1. The van der Waals surface area contributed by atoms with Crippen molar-refractivity contribution >= 4 is 11.7 Å². The lowest BCUT2D eigenvalue weighted by atomic mass is 9.85. The minimum absolute atomic E-state index is 0.0320. The fraction of sp³-hybridized carbons (Fsp3) is 0.312. The SMILES string of the molecule is CCOc1cccc(CN2C(=O)C(O)=C(C(=O)CCc3ccccc3)C2c2ccc(C(C)(C)C)cc2)c1. The first-order valence-corrected chi connectivity index (χ1v) is 12.8. The van der Waals surface area contributed by atoms with E-state index in [4.69, 9.17) is 4.74 Å². The molecule has 3 aromatic carbocycles. The van der Waals surface area contributed by atoms with E-state index in [9.17, 15) is 14.7 Å². The summed E-state index contributed by atoms with van der Waals surface area (Å²) in [6, 6.07) is 24.7. The molecular formula is C32H35NO4. The van der Waals surface area contributed by atoms with E-state index in [0.717, 1.165) is 22.3 Å². The maximum absolute atomic E-state index is 13.5. The molecule has 5 heteroatoms. The number of ether oxygens (including phenoxy) is 1. The van der Waals surface area contributed by atoms with Crippen molar-refractivity contribution in [2.75, 3.05) is 6.61 Å². The Kier molecular flexibility index (Phi) is 7.82. The van der Waals surface area contributed by atoms with Gasteiger partial charge in [0.25, 0.3) is 5.91 Å². The van der Waals surface area contributed by atoms with Gasteiger partial charge in [-0.15, -0.1) is 0 Å². The molecule has 1 amide bonds. The Morgan fingerprint density at radius 2 is 1.62 bits per heavy atom. The standard InChI is InChI=1S/C32H35NO4/c1-5-37-26-13-9-12-23(20-26)21-33-29(24-15-17-25(18-16-24)32(2,3)4)28(30(35)31(33)36)27(34)19-14-22-10-7-6-8-11-22/h6-13,15-18,20,29,35H,5,14,19,21H2,1-4H3. The van der Waals surface area contributed by atoms with Crippen LogP contribution in [0.15, 0.2) is 90.2 Å². The molecule has 1 aliphatic rings. The molecule has 1 unspecified atom stereocenters. The van der Waals surface area contributed by atoms with Crippen molar-refractivity contribution in [2.45, 2.75) is 58.5 Å². The Morgan fingerprint density at radius 1 is 0.946 bits per heavy atom. The van der Waals surface area contributed by atoms with Crippen molar-refractivity contribution in [3.63, 3.8) is 0 Å². The van der Waals surface area contributed by atoms with Crippen LogP contribution in [-0.4, -0.2) is 28.3 Å². The number of carbonyl (C=O) groups excluding carboxylic acids is 2. The van der Waals surface area contributed by atoms with Gasteiger partial charge in [0.1, 0.15) is 5.75 Å². The smallest absolute Gasteiger partial charge is 0.290 e. The van der Waals surface area contributed by atoms with Gasteiger partial charge in [0, 0.05) is 13.0 Å². The van der Waals surface area contributed by atoms with E-state index in [1.165, 1.54) is 0 Å². The zero-order chi connectivity index (χ0) is 26.6. The van der Waals surface area contributed by atoms with Crippen LogP contribution in [0.2, 0.25) is 0 Å². The van der Waals surface area contributed by atoms with Gasteiger partial charge in [0.05, 0.1) is 18.2 Å². The fourth-order valence-corrected chi connectivity index (χ4v) is 4.75. The second-order valence-corrected chi connectivity index (χ2v) is 10.5. The molecule has 1 N–H and O–H groups in total. The summed E-state index contributed by atoms with van der Waals surface area (Å²) < 4.78 is 5.63. The summed E-state index contributed by atoms with van der Waals surface area (Å²) >= 11 is 0. The summed E-state index contributed by atoms with van der Waals surface area (Å²) in [4.78, 5) is 28.4. The number of hydrogen-bond acceptors (Lipinski definition) is 4.